The Morgan fingerprint density at radius 2 is 1.77 bits per heavy atom. The zero-order chi connectivity index (χ0) is 20.1. The lowest BCUT2D eigenvalue weighted by Crippen LogP contribution is -2.00. The minimum Gasteiger partial charge on any atom is -0.228 e. The Balaban J connectivity index is 1.68. The predicted octanol–water partition coefficient (Wildman–Crippen LogP) is 7.01. The Morgan fingerprint density at radius 1 is 0.933 bits per heavy atom. The van der Waals surface area contributed by atoms with Crippen molar-refractivity contribution in [3.8, 4) is 16.1 Å². The van der Waals surface area contributed by atoms with Crippen LogP contribution in [0.15, 0.2) is 65.4 Å². The van der Waals surface area contributed by atoms with Crippen molar-refractivity contribution in [1.82, 2.24) is 14.8 Å². The van der Waals surface area contributed by atoms with Crippen LogP contribution in [0.5, 0.6) is 0 Å². The maximum Gasteiger partial charge on any atom is 0.164 e. The second-order valence-electron chi connectivity index (χ2n) is 7.51. The molecule has 0 N–H and O–H groups in total. The summed E-state index contributed by atoms with van der Waals surface area (Å²) in [7, 11) is 0. The van der Waals surface area contributed by atoms with Gasteiger partial charge in [0.25, 0.3) is 0 Å². The number of pyridine rings is 1. The average molecular weight is 426 g/mol. The molecule has 0 saturated heterocycles. The highest BCUT2D eigenvalue weighted by Crippen LogP contribution is 2.44. The SMILES string of the molecule is Cc1nn(-c2ccccc2)c2nc3c(c(-c4cccs4)c12)CCC3=Cc1cccs1. The van der Waals surface area contributed by atoms with Crippen LogP contribution in [0.4, 0.5) is 0 Å². The van der Waals surface area contributed by atoms with E-state index in [-0.39, 0.29) is 0 Å². The van der Waals surface area contributed by atoms with Crippen molar-refractivity contribution in [3.63, 3.8) is 0 Å². The first-order valence-corrected chi connectivity index (χ1v) is 11.8. The summed E-state index contributed by atoms with van der Waals surface area (Å²) >= 11 is 3.57. The van der Waals surface area contributed by atoms with Crippen molar-refractivity contribution in [3.05, 3.63) is 87.2 Å². The van der Waals surface area contributed by atoms with Gasteiger partial charge >= 0.3 is 0 Å². The van der Waals surface area contributed by atoms with Crippen LogP contribution >= 0.6 is 22.7 Å². The minimum atomic E-state index is 0.944. The van der Waals surface area contributed by atoms with Crippen molar-refractivity contribution in [2.75, 3.05) is 0 Å². The summed E-state index contributed by atoms with van der Waals surface area (Å²) in [6.07, 6.45) is 4.37. The third kappa shape index (κ3) is 2.77. The monoisotopic (exact) mass is 425 g/mol. The van der Waals surface area contributed by atoms with Crippen molar-refractivity contribution < 1.29 is 0 Å². The maximum atomic E-state index is 5.23. The zero-order valence-electron chi connectivity index (χ0n) is 16.5. The highest BCUT2D eigenvalue weighted by atomic mass is 32.1. The summed E-state index contributed by atoms with van der Waals surface area (Å²) in [4.78, 5) is 7.81. The molecule has 0 unspecified atom stereocenters. The van der Waals surface area contributed by atoms with E-state index in [0.717, 1.165) is 35.6 Å². The van der Waals surface area contributed by atoms with Gasteiger partial charge in [0, 0.05) is 15.3 Å². The molecule has 3 nitrogen and oxygen atoms in total. The second kappa shape index (κ2) is 7.04. The number of para-hydroxylation sites is 1. The molecule has 0 radical (unpaired) electrons. The first kappa shape index (κ1) is 17.8. The van der Waals surface area contributed by atoms with E-state index in [1.165, 1.54) is 31.8 Å². The molecule has 0 spiro atoms. The molecule has 4 heterocycles. The number of aryl methyl sites for hydroxylation is 1. The van der Waals surface area contributed by atoms with Gasteiger partial charge in [-0.2, -0.15) is 5.10 Å². The molecule has 0 saturated carbocycles. The van der Waals surface area contributed by atoms with Crippen molar-refractivity contribution in [1.29, 1.82) is 0 Å². The van der Waals surface area contributed by atoms with Gasteiger partial charge in [0.05, 0.1) is 22.5 Å². The van der Waals surface area contributed by atoms with Gasteiger partial charge in [-0.25, -0.2) is 9.67 Å². The van der Waals surface area contributed by atoms with Gasteiger partial charge in [0.1, 0.15) is 0 Å². The fraction of sp³-hybridized carbons (Fsp3) is 0.120. The fourth-order valence-electron chi connectivity index (χ4n) is 4.37. The van der Waals surface area contributed by atoms with Crippen LogP contribution in [0, 0.1) is 6.92 Å². The van der Waals surface area contributed by atoms with Crippen LogP contribution in [0.25, 0.3) is 38.8 Å². The third-order valence-corrected chi connectivity index (χ3v) is 7.37. The first-order valence-electron chi connectivity index (χ1n) is 10.1. The number of hydrogen-bond acceptors (Lipinski definition) is 4. The molecule has 0 amide bonds. The molecule has 5 aromatic rings. The average Bonchev–Trinajstić information content (AvgIpc) is 3.56. The van der Waals surface area contributed by atoms with Crippen LogP contribution in [-0.4, -0.2) is 14.8 Å². The van der Waals surface area contributed by atoms with Gasteiger partial charge in [0.15, 0.2) is 5.65 Å². The maximum absolute atomic E-state index is 5.23. The summed E-state index contributed by atoms with van der Waals surface area (Å²) < 4.78 is 2.00. The third-order valence-electron chi connectivity index (χ3n) is 5.67. The second-order valence-corrected chi connectivity index (χ2v) is 9.43. The first-order chi connectivity index (χ1) is 14.8. The Bertz CT molecular complexity index is 1380. The van der Waals surface area contributed by atoms with Gasteiger partial charge < -0.3 is 0 Å². The highest BCUT2D eigenvalue weighted by molar-refractivity contribution is 7.13. The number of benzene rings is 1. The van der Waals surface area contributed by atoms with Gasteiger partial charge in [-0.05, 0) is 72.0 Å². The van der Waals surface area contributed by atoms with Gasteiger partial charge in [-0.15, -0.1) is 22.7 Å². The van der Waals surface area contributed by atoms with Crippen LogP contribution in [0.2, 0.25) is 0 Å². The molecule has 30 heavy (non-hydrogen) atoms. The molecule has 0 aliphatic heterocycles. The minimum absolute atomic E-state index is 0.944. The Labute approximate surface area is 183 Å². The Morgan fingerprint density at radius 3 is 2.53 bits per heavy atom. The van der Waals surface area contributed by atoms with Crippen LogP contribution in [0.3, 0.4) is 0 Å². The molecule has 0 fully saturated rings. The molecule has 4 aromatic heterocycles. The quantitative estimate of drug-likeness (QED) is 0.311. The molecule has 1 aliphatic rings. The van der Waals surface area contributed by atoms with Gasteiger partial charge in [-0.3, -0.25) is 0 Å². The van der Waals surface area contributed by atoms with E-state index in [9.17, 15) is 0 Å². The van der Waals surface area contributed by atoms with Gasteiger partial charge in [0.2, 0.25) is 0 Å². The molecule has 0 bridgehead atoms. The van der Waals surface area contributed by atoms with Crippen LogP contribution in [0.1, 0.15) is 28.2 Å². The van der Waals surface area contributed by atoms with Crippen LogP contribution in [-0.2, 0) is 6.42 Å². The van der Waals surface area contributed by atoms with E-state index in [1.54, 1.807) is 22.7 Å². The highest BCUT2D eigenvalue weighted by Gasteiger charge is 2.28. The number of allylic oxidation sites excluding steroid dienone is 1. The molecule has 5 heteroatoms. The number of thiophene rings is 2. The van der Waals surface area contributed by atoms with E-state index in [2.05, 4.69) is 60.2 Å². The van der Waals surface area contributed by atoms with Gasteiger partial charge in [-0.1, -0.05) is 30.3 Å². The van der Waals surface area contributed by atoms with E-state index in [4.69, 9.17) is 10.1 Å². The van der Waals surface area contributed by atoms with E-state index in [1.807, 2.05) is 22.9 Å². The Kier molecular flexibility index (Phi) is 4.18. The number of nitrogens with zero attached hydrogens (tertiary/aromatic N) is 3. The lowest BCUT2D eigenvalue weighted by molar-refractivity contribution is 0.877. The standard InChI is InChI=1S/C25H19N3S2/c1-16-22-23(21-10-6-14-30-21)20-12-11-17(15-19-9-5-13-29-19)24(20)26-25(22)28(27-16)18-7-3-2-4-8-18/h2-10,13-15H,11-12H2,1H3. The number of aromatic nitrogens is 3. The normalized spacial score (nSPS) is 14.6. The summed E-state index contributed by atoms with van der Waals surface area (Å²) in [5.41, 5.74) is 8.16. The number of rotatable bonds is 3. The molecule has 0 atom stereocenters. The fourth-order valence-corrected chi connectivity index (χ4v) is 5.85. The lowest BCUT2D eigenvalue weighted by atomic mass is 10.0. The lowest BCUT2D eigenvalue weighted by Gasteiger charge is -2.10. The largest absolute Gasteiger partial charge is 0.228 e. The van der Waals surface area contributed by atoms with Crippen molar-refractivity contribution in [2.45, 2.75) is 19.8 Å². The Hall–Kier alpha value is -3.02. The number of fused-ring (bicyclic) bond motifs is 2. The molecular weight excluding hydrogens is 406 g/mol. The number of hydrogen-bond donors (Lipinski definition) is 0. The molecule has 6 rings (SSSR count). The summed E-state index contributed by atoms with van der Waals surface area (Å²) in [6.45, 7) is 2.10. The molecule has 1 aromatic carbocycles. The zero-order valence-corrected chi connectivity index (χ0v) is 18.1. The molecular formula is C25H19N3S2. The van der Waals surface area contributed by atoms with E-state index < -0.39 is 0 Å². The van der Waals surface area contributed by atoms with Crippen LogP contribution < -0.4 is 0 Å². The summed E-state index contributed by atoms with van der Waals surface area (Å²) in [5.74, 6) is 0. The summed E-state index contributed by atoms with van der Waals surface area (Å²) in [6, 6.07) is 18.9. The topological polar surface area (TPSA) is 30.7 Å². The molecule has 146 valence electrons. The van der Waals surface area contributed by atoms with Crippen molar-refractivity contribution >= 4 is 45.4 Å². The van der Waals surface area contributed by atoms with Crippen molar-refractivity contribution in [2.24, 2.45) is 0 Å². The smallest absolute Gasteiger partial charge is 0.164 e. The predicted molar refractivity (Wildman–Crippen MR) is 127 cm³/mol. The summed E-state index contributed by atoms with van der Waals surface area (Å²) in [5, 5.41) is 10.4. The molecule has 1 aliphatic carbocycles. The van der Waals surface area contributed by atoms with E-state index >= 15 is 0 Å². The van der Waals surface area contributed by atoms with E-state index in [0.29, 0.717) is 0 Å².